The Bertz CT molecular complexity index is 378. The molecule has 0 aliphatic rings. The summed E-state index contributed by atoms with van der Waals surface area (Å²) >= 11 is 0. The van der Waals surface area contributed by atoms with Crippen LogP contribution in [0.25, 0.3) is 6.08 Å². The zero-order chi connectivity index (χ0) is 9.68. The van der Waals surface area contributed by atoms with Crippen molar-refractivity contribution < 1.29 is 9.53 Å². The molecule has 0 atom stereocenters. The molecule has 1 N–H and O–H groups in total. The molecule has 13 heavy (non-hydrogen) atoms. The van der Waals surface area contributed by atoms with Crippen LogP contribution in [0.2, 0.25) is 0 Å². The molecule has 0 bridgehead atoms. The van der Waals surface area contributed by atoms with Crippen LogP contribution in [0.3, 0.4) is 0 Å². The number of esters is 1. The summed E-state index contributed by atoms with van der Waals surface area (Å²) < 4.78 is 4.39. The Labute approximate surface area is 74.9 Å². The smallest absolute Gasteiger partial charge is 0.330 e. The molecular weight excluding hydrogens is 170 g/mol. The molecule has 0 saturated carbocycles. The van der Waals surface area contributed by atoms with Crippen molar-refractivity contribution in [1.29, 1.82) is 0 Å². The van der Waals surface area contributed by atoms with Crippen molar-refractivity contribution in [2.75, 3.05) is 7.11 Å². The molecule has 0 fully saturated rings. The van der Waals surface area contributed by atoms with Crippen LogP contribution >= 0.6 is 0 Å². The lowest BCUT2D eigenvalue weighted by atomic mass is 10.2. The van der Waals surface area contributed by atoms with Crippen molar-refractivity contribution >= 4 is 12.0 Å². The minimum Gasteiger partial charge on any atom is -0.466 e. The molecule has 0 spiro atoms. The number of hydrogen-bond donors (Lipinski definition) is 1. The zero-order valence-electron chi connectivity index (χ0n) is 7.11. The van der Waals surface area contributed by atoms with Gasteiger partial charge in [-0.15, -0.1) is 0 Å². The van der Waals surface area contributed by atoms with Gasteiger partial charge in [0, 0.05) is 18.3 Å². The number of H-pyrrole nitrogens is 1. The molecule has 0 aromatic carbocycles. The Balaban J connectivity index is 2.80. The maximum atomic E-state index is 10.8. The van der Waals surface area contributed by atoms with Gasteiger partial charge in [-0.1, -0.05) is 0 Å². The van der Waals surface area contributed by atoms with Crippen LogP contribution in [-0.4, -0.2) is 18.1 Å². The Morgan fingerprint density at radius 1 is 1.62 bits per heavy atom. The van der Waals surface area contributed by atoms with Crippen LogP contribution in [0.15, 0.2) is 29.2 Å². The Morgan fingerprint density at radius 3 is 3.00 bits per heavy atom. The van der Waals surface area contributed by atoms with Gasteiger partial charge in [0.2, 0.25) is 5.56 Å². The van der Waals surface area contributed by atoms with Crippen molar-refractivity contribution in [3.05, 3.63) is 40.3 Å². The third-order valence-electron chi connectivity index (χ3n) is 1.41. The number of methoxy groups -OCH3 is 1. The summed E-state index contributed by atoms with van der Waals surface area (Å²) in [7, 11) is 1.30. The van der Waals surface area contributed by atoms with Crippen molar-refractivity contribution in [1.82, 2.24) is 4.98 Å². The molecular formula is C9H9NO3. The van der Waals surface area contributed by atoms with E-state index in [4.69, 9.17) is 0 Å². The summed E-state index contributed by atoms with van der Waals surface area (Å²) in [4.78, 5) is 23.9. The van der Waals surface area contributed by atoms with Gasteiger partial charge in [-0.2, -0.15) is 0 Å². The molecule has 0 aliphatic carbocycles. The summed E-state index contributed by atoms with van der Waals surface area (Å²) in [6.07, 6.45) is 4.29. The van der Waals surface area contributed by atoms with E-state index in [0.717, 1.165) is 0 Å². The highest BCUT2D eigenvalue weighted by atomic mass is 16.5. The molecule has 0 amide bonds. The van der Waals surface area contributed by atoms with Gasteiger partial charge in [-0.3, -0.25) is 4.79 Å². The number of carbonyl (C=O) groups is 1. The molecule has 1 aromatic heterocycles. The first-order valence-electron chi connectivity index (χ1n) is 3.67. The number of rotatable bonds is 2. The fraction of sp³-hybridized carbons (Fsp3) is 0.111. The molecule has 4 heteroatoms. The van der Waals surface area contributed by atoms with E-state index in [1.807, 2.05) is 0 Å². The van der Waals surface area contributed by atoms with Crippen LogP contribution in [0.1, 0.15) is 5.56 Å². The molecule has 0 radical (unpaired) electrons. The highest BCUT2D eigenvalue weighted by molar-refractivity contribution is 5.86. The predicted molar refractivity (Wildman–Crippen MR) is 48.1 cm³/mol. The average Bonchev–Trinajstić information content (AvgIpc) is 2.14. The maximum Gasteiger partial charge on any atom is 0.330 e. The van der Waals surface area contributed by atoms with Crippen LogP contribution in [0, 0.1) is 0 Å². The van der Waals surface area contributed by atoms with E-state index < -0.39 is 5.97 Å². The number of nitrogens with one attached hydrogen (secondary N) is 1. The van der Waals surface area contributed by atoms with E-state index in [0.29, 0.717) is 5.56 Å². The van der Waals surface area contributed by atoms with Crippen LogP contribution in [-0.2, 0) is 9.53 Å². The van der Waals surface area contributed by atoms with Gasteiger partial charge in [-0.05, 0) is 17.7 Å². The third-order valence-corrected chi connectivity index (χ3v) is 1.41. The molecule has 1 aromatic rings. The fourth-order valence-corrected chi connectivity index (χ4v) is 0.797. The number of aromatic amines is 1. The number of aromatic nitrogens is 1. The van der Waals surface area contributed by atoms with Gasteiger partial charge in [0.05, 0.1) is 7.11 Å². The average molecular weight is 179 g/mol. The normalized spacial score (nSPS) is 10.2. The molecule has 1 rings (SSSR count). The number of ether oxygens (including phenoxy) is 1. The van der Waals surface area contributed by atoms with Gasteiger partial charge in [-0.25, -0.2) is 4.79 Å². The van der Waals surface area contributed by atoms with E-state index in [-0.39, 0.29) is 5.56 Å². The highest BCUT2D eigenvalue weighted by Gasteiger charge is 1.91. The summed E-state index contributed by atoms with van der Waals surface area (Å²) in [6, 6.07) is 3.07. The summed E-state index contributed by atoms with van der Waals surface area (Å²) in [5.41, 5.74) is 0.459. The Morgan fingerprint density at radius 2 is 2.38 bits per heavy atom. The van der Waals surface area contributed by atoms with Crippen molar-refractivity contribution in [3.8, 4) is 0 Å². The topological polar surface area (TPSA) is 59.2 Å². The number of hydrogen-bond acceptors (Lipinski definition) is 3. The molecule has 4 nitrogen and oxygen atoms in total. The summed E-state index contributed by atoms with van der Waals surface area (Å²) in [5, 5.41) is 0. The first-order chi connectivity index (χ1) is 6.22. The largest absolute Gasteiger partial charge is 0.466 e. The minimum atomic E-state index is -0.444. The van der Waals surface area contributed by atoms with Gasteiger partial charge >= 0.3 is 5.97 Å². The maximum absolute atomic E-state index is 10.8. The second-order valence-electron chi connectivity index (χ2n) is 2.34. The Kier molecular flexibility index (Phi) is 3.03. The first kappa shape index (κ1) is 9.25. The van der Waals surface area contributed by atoms with E-state index in [1.165, 1.54) is 31.5 Å². The number of carbonyl (C=O) groups excluding carboxylic acids is 1. The van der Waals surface area contributed by atoms with E-state index >= 15 is 0 Å². The second kappa shape index (κ2) is 4.25. The minimum absolute atomic E-state index is 0.202. The molecule has 68 valence electrons. The molecule has 0 aliphatic heterocycles. The summed E-state index contributed by atoms with van der Waals surface area (Å²) in [5.74, 6) is -0.444. The molecule has 1 heterocycles. The standard InChI is InChI=1S/C9H9NO3/c1-13-9(12)3-2-7-4-5-10-8(11)6-7/h2-6H,1H3,(H,10,11). The monoisotopic (exact) mass is 179 g/mol. The number of pyridine rings is 1. The Hall–Kier alpha value is -1.84. The van der Waals surface area contributed by atoms with Gasteiger partial charge in [0.1, 0.15) is 0 Å². The van der Waals surface area contributed by atoms with Crippen molar-refractivity contribution in [2.24, 2.45) is 0 Å². The second-order valence-corrected chi connectivity index (χ2v) is 2.34. The summed E-state index contributed by atoms with van der Waals surface area (Å²) in [6.45, 7) is 0. The van der Waals surface area contributed by atoms with Crippen LogP contribution < -0.4 is 5.56 Å². The lowest BCUT2D eigenvalue weighted by Crippen LogP contribution is -2.02. The highest BCUT2D eigenvalue weighted by Crippen LogP contribution is 1.96. The van der Waals surface area contributed by atoms with Crippen LogP contribution in [0.4, 0.5) is 0 Å². The van der Waals surface area contributed by atoms with Crippen molar-refractivity contribution in [3.63, 3.8) is 0 Å². The van der Waals surface area contributed by atoms with E-state index in [9.17, 15) is 9.59 Å². The van der Waals surface area contributed by atoms with Gasteiger partial charge in [0.15, 0.2) is 0 Å². The first-order valence-corrected chi connectivity index (χ1v) is 3.67. The quantitative estimate of drug-likeness (QED) is 0.533. The zero-order valence-corrected chi connectivity index (χ0v) is 7.11. The van der Waals surface area contributed by atoms with E-state index in [2.05, 4.69) is 9.72 Å². The lowest BCUT2D eigenvalue weighted by molar-refractivity contribution is -0.134. The predicted octanol–water partition coefficient (Wildman–Crippen LogP) is 0.561. The SMILES string of the molecule is COC(=O)C=Cc1cc[nH]c(=O)c1. The van der Waals surface area contributed by atoms with E-state index in [1.54, 1.807) is 6.07 Å². The lowest BCUT2D eigenvalue weighted by Gasteiger charge is -1.91. The van der Waals surface area contributed by atoms with Gasteiger partial charge in [0.25, 0.3) is 0 Å². The fourth-order valence-electron chi connectivity index (χ4n) is 0.797. The van der Waals surface area contributed by atoms with Gasteiger partial charge < -0.3 is 9.72 Å². The third kappa shape index (κ3) is 2.94. The van der Waals surface area contributed by atoms with Crippen LogP contribution in [0.5, 0.6) is 0 Å². The van der Waals surface area contributed by atoms with Crippen molar-refractivity contribution in [2.45, 2.75) is 0 Å². The molecule has 0 unspecified atom stereocenters. The molecule has 0 saturated heterocycles.